The molecule has 0 spiro atoms. The summed E-state index contributed by atoms with van der Waals surface area (Å²) in [5.41, 5.74) is 0.267. The van der Waals surface area contributed by atoms with Crippen molar-refractivity contribution in [1.82, 2.24) is 0 Å². The highest BCUT2D eigenvalue weighted by Gasteiger charge is 2.47. The number of carbonyl (C=O) groups excluding carboxylic acids is 1. The Balaban J connectivity index is 5.54. The van der Waals surface area contributed by atoms with Gasteiger partial charge in [-0.25, -0.2) is 4.79 Å². The van der Waals surface area contributed by atoms with Gasteiger partial charge in [-0.1, -0.05) is 26.3 Å². The van der Waals surface area contributed by atoms with Crippen LogP contribution in [0.4, 0.5) is 26.3 Å². The summed E-state index contributed by atoms with van der Waals surface area (Å²) in [6.45, 7) is 14.0. The summed E-state index contributed by atoms with van der Waals surface area (Å²) in [5.74, 6) is -0.518. The zero-order chi connectivity index (χ0) is 26.8. The van der Waals surface area contributed by atoms with E-state index in [0.29, 0.717) is 24.9 Å². The second-order valence-corrected chi connectivity index (χ2v) is 22.2. The fraction of sp³-hybridized carbons (Fsp3) is 0.857. The van der Waals surface area contributed by atoms with Gasteiger partial charge in [0.25, 0.3) is 0 Å². The van der Waals surface area contributed by atoms with Crippen molar-refractivity contribution in [3.05, 3.63) is 12.2 Å². The number of unbranched alkanes of at least 4 members (excludes halogenated alkanes) is 1. The maximum absolute atomic E-state index is 13.1. The topological polar surface area (TPSA) is 44.8 Å². The maximum atomic E-state index is 13.1. The van der Waals surface area contributed by atoms with Crippen molar-refractivity contribution < 1.29 is 44.1 Å². The van der Waals surface area contributed by atoms with Crippen LogP contribution in [-0.2, 0) is 17.8 Å². The van der Waals surface area contributed by atoms with Gasteiger partial charge in [0.1, 0.15) is 0 Å². The molecular formula is C21H40F6O4Si3. The summed E-state index contributed by atoms with van der Waals surface area (Å²) in [5, 5.41) is 0. The number of hydrogen-bond donors (Lipinski definition) is 0. The van der Waals surface area contributed by atoms with Gasteiger partial charge in [0.2, 0.25) is 0 Å². The van der Waals surface area contributed by atoms with Gasteiger partial charge in [0.05, 0.1) is 6.61 Å². The van der Waals surface area contributed by atoms with Crippen molar-refractivity contribution in [1.29, 1.82) is 0 Å². The number of esters is 1. The SMILES string of the molecule is C=C(C)C(=O)OCCC[Si](C)(C)O[Si](C)(CCC(F)(F)F)O[Si](C)(CCCC)CCC(F)(F)F. The molecule has 0 aromatic rings. The molecule has 0 N–H and O–H groups in total. The van der Waals surface area contributed by atoms with Crippen molar-refractivity contribution in [2.75, 3.05) is 6.61 Å². The quantitative estimate of drug-likeness (QED) is 0.0636. The average Bonchev–Trinajstić information content (AvgIpc) is 2.65. The van der Waals surface area contributed by atoms with E-state index in [2.05, 4.69) is 6.58 Å². The summed E-state index contributed by atoms with van der Waals surface area (Å²) in [7, 11) is -9.02. The summed E-state index contributed by atoms with van der Waals surface area (Å²) in [6.07, 6.45) is -9.03. The van der Waals surface area contributed by atoms with Crippen LogP contribution in [0.1, 0.15) is 46.0 Å². The summed E-state index contributed by atoms with van der Waals surface area (Å²) in [6, 6.07) is 0.381. The molecule has 0 saturated carbocycles. The molecule has 0 aromatic heterocycles. The van der Waals surface area contributed by atoms with Crippen LogP contribution in [0.3, 0.4) is 0 Å². The third-order valence-corrected chi connectivity index (χ3v) is 18.4. The Morgan fingerprint density at radius 1 is 0.824 bits per heavy atom. The molecule has 0 radical (unpaired) electrons. The fourth-order valence-corrected chi connectivity index (χ4v) is 18.9. The molecule has 0 bridgehead atoms. The van der Waals surface area contributed by atoms with E-state index in [4.69, 9.17) is 13.0 Å². The molecule has 4 nitrogen and oxygen atoms in total. The van der Waals surface area contributed by atoms with E-state index >= 15 is 0 Å². The fourth-order valence-electron chi connectivity index (χ4n) is 3.62. The Labute approximate surface area is 202 Å². The summed E-state index contributed by atoms with van der Waals surface area (Å²) in [4.78, 5) is 11.5. The molecule has 0 saturated heterocycles. The second-order valence-electron chi connectivity index (χ2n) is 9.90. The summed E-state index contributed by atoms with van der Waals surface area (Å²) >= 11 is 0. The minimum atomic E-state index is -4.42. The van der Waals surface area contributed by atoms with Gasteiger partial charge >= 0.3 is 26.9 Å². The van der Waals surface area contributed by atoms with Crippen LogP contribution in [-0.4, -0.2) is 50.1 Å². The highest BCUT2D eigenvalue weighted by molar-refractivity contribution is 6.88. The zero-order valence-electron chi connectivity index (χ0n) is 21.2. The van der Waals surface area contributed by atoms with Crippen LogP contribution < -0.4 is 0 Å². The van der Waals surface area contributed by atoms with Crippen LogP contribution in [0.15, 0.2) is 12.2 Å². The van der Waals surface area contributed by atoms with E-state index < -0.39 is 56.4 Å². The predicted molar refractivity (Wildman–Crippen MR) is 129 cm³/mol. The molecule has 0 aliphatic carbocycles. The number of alkyl halides is 6. The molecule has 13 heteroatoms. The van der Waals surface area contributed by atoms with Crippen molar-refractivity contribution in [3.63, 3.8) is 0 Å². The first kappa shape index (κ1) is 33.4. The van der Waals surface area contributed by atoms with Crippen LogP contribution in [0.5, 0.6) is 0 Å². The molecule has 202 valence electrons. The molecule has 0 aliphatic rings. The number of hydrogen-bond acceptors (Lipinski definition) is 4. The van der Waals surface area contributed by atoms with E-state index in [1.165, 1.54) is 6.92 Å². The zero-order valence-corrected chi connectivity index (χ0v) is 24.2. The Bertz CT molecular complexity index is 657. The van der Waals surface area contributed by atoms with Crippen LogP contribution in [0.2, 0.25) is 50.4 Å². The monoisotopic (exact) mass is 554 g/mol. The van der Waals surface area contributed by atoms with Gasteiger partial charge in [-0.3, -0.25) is 0 Å². The third-order valence-electron chi connectivity index (χ3n) is 5.32. The molecular weight excluding hydrogens is 514 g/mol. The lowest BCUT2D eigenvalue weighted by Gasteiger charge is -2.42. The third kappa shape index (κ3) is 16.1. The van der Waals surface area contributed by atoms with Crippen molar-refractivity contribution >= 4 is 31.2 Å². The molecule has 0 aliphatic heterocycles. The minimum Gasteiger partial charge on any atom is -0.462 e. The Morgan fingerprint density at radius 2 is 1.35 bits per heavy atom. The predicted octanol–water partition coefficient (Wildman–Crippen LogP) is 8.09. The van der Waals surface area contributed by atoms with Crippen LogP contribution in [0.25, 0.3) is 0 Å². The normalized spacial score (nSPS) is 16.6. The molecule has 0 aromatic carbocycles. The highest BCUT2D eigenvalue weighted by Crippen LogP contribution is 2.37. The molecule has 0 fully saturated rings. The van der Waals surface area contributed by atoms with Gasteiger partial charge in [-0.05, 0) is 63.7 Å². The van der Waals surface area contributed by atoms with E-state index in [0.717, 1.165) is 6.42 Å². The van der Waals surface area contributed by atoms with Gasteiger partial charge < -0.3 is 13.0 Å². The Kier molecular flexibility index (Phi) is 13.4. The number of carbonyl (C=O) groups is 1. The molecule has 0 amide bonds. The van der Waals surface area contributed by atoms with Gasteiger partial charge in [-0.2, -0.15) is 26.3 Å². The molecule has 0 rings (SSSR count). The average molecular weight is 555 g/mol. The second kappa shape index (κ2) is 13.6. The first-order valence-electron chi connectivity index (χ1n) is 11.6. The Hall–Kier alpha value is -0.639. The van der Waals surface area contributed by atoms with Crippen LogP contribution in [0, 0.1) is 0 Å². The van der Waals surface area contributed by atoms with E-state index in [1.54, 1.807) is 13.1 Å². The minimum absolute atomic E-state index is 0.127. The van der Waals surface area contributed by atoms with E-state index in [-0.39, 0.29) is 24.3 Å². The first-order valence-corrected chi connectivity index (χ1v) is 20.0. The molecule has 34 heavy (non-hydrogen) atoms. The van der Waals surface area contributed by atoms with Crippen molar-refractivity contribution in [3.8, 4) is 0 Å². The summed E-state index contributed by atoms with van der Waals surface area (Å²) < 4.78 is 95.8. The van der Waals surface area contributed by atoms with Gasteiger partial charge in [0, 0.05) is 18.4 Å². The van der Waals surface area contributed by atoms with Crippen LogP contribution >= 0.6 is 0 Å². The molecule has 2 atom stereocenters. The number of halogens is 6. The van der Waals surface area contributed by atoms with E-state index in [1.807, 2.05) is 20.0 Å². The standard InChI is InChI=1S/C21H40F6O4Si3/c1-8-9-15-33(6,16-11-20(22,23)24)31-34(7,17-12-21(25,26)27)30-32(4,5)14-10-13-29-19(28)18(2)3/h2,8-17H2,1,3-7H3. The number of rotatable bonds is 16. The Morgan fingerprint density at radius 3 is 1.82 bits per heavy atom. The first-order chi connectivity index (χ1) is 15.2. The smallest absolute Gasteiger partial charge is 0.389 e. The van der Waals surface area contributed by atoms with Crippen molar-refractivity contribution in [2.24, 2.45) is 0 Å². The lowest BCUT2D eigenvalue weighted by molar-refractivity contribution is -0.139. The maximum Gasteiger partial charge on any atom is 0.389 e. The molecule has 0 heterocycles. The van der Waals surface area contributed by atoms with Gasteiger partial charge in [-0.15, -0.1) is 0 Å². The number of ether oxygens (including phenoxy) is 1. The molecule has 2 unspecified atom stereocenters. The lowest BCUT2D eigenvalue weighted by Crippen LogP contribution is -2.55. The lowest BCUT2D eigenvalue weighted by atomic mass is 10.4. The highest BCUT2D eigenvalue weighted by atomic mass is 28.5. The largest absolute Gasteiger partial charge is 0.462 e. The van der Waals surface area contributed by atoms with E-state index in [9.17, 15) is 31.1 Å². The van der Waals surface area contributed by atoms with Crippen molar-refractivity contribution in [2.45, 2.75) is 109 Å². The van der Waals surface area contributed by atoms with Gasteiger partial charge in [0.15, 0.2) is 16.6 Å².